The van der Waals surface area contributed by atoms with E-state index in [0.29, 0.717) is 125 Å². The highest BCUT2D eigenvalue weighted by Crippen LogP contribution is 2.06. The van der Waals surface area contributed by atoms with Crippen LogP contribution in [-0.2, 0) is 52.2 Å². The molecule has 0 aliphatic heterocycles. The minimum absolute atomic E-state index is 0.151. The van der Waals surface area contributed by atoms with Crippen LogP contribution in [0.3, 0.4) is 0 Å². The van der Waals surface area contributed by atoms with Crippen LogP contribution in [0.1, 0.15) is 40.5 Å². The Kier molecular flexibility index (Phi) is 30.6. The highest BCUT2D eigenvalue weighted by atomic mass is 16.6. The number of hydrogen-bond donors (Lipinski definition) is 2. The Balaban J connectivity index is 3.17. The molecule has 256 valence electrons. The highest BCUT2D eigenvalue weighted by molar-refractivity contribution is 5.76. The minimum Gasteiger partial charge on any atom is -0.444 e. The van der Waals surface area contributed by atoms with E-state index < -0.39 is 11.7 Å². The lowest BCUT2D eigenvalue weighted by atomic mass is 10.2. The summed E-state index contributed by atoms with van der Waals surface area (Å²) < 4.78 is 53.9. The van der Waals surface area contributed by atoms with Crippen molar-refractivity contribution in [3.05, 3.63) is 0 Å². The number of ether oxygens (including phenoxy) is 10. The number of carbonyl (C=O) groups excluding carboxylic acids is 2. The molecule has 0 aliphatic rings. The van der Waals surface area contributed by atoms with E-state index in [-0.39, 0.29) is 12.3 Å². The van der Waals surface area contributed by atoms with E-state index in [1.165, 1.54) is 0 Å². The molecule has 0 fully saturated rings. The minimum atomic E-state index is -0.553. The first-order valence-corrected chi connectivity index (χ1v) is 15.3. The molecule has 0 heterocycles. The van der Waals surface area contributed by atoms with Crippen molar-refractivity contribution in [1.82, 2.24) is 10.6 Å². The van der Waals surface area contributed by atoms with Gasteiger partial charge in [0.1, 0.15) is 5.60 Å². The van der Waals surface area contributed by atoms with E-state index in [2.05, 4.69) is 17.6 Å². The van der Waals surface area contributed by atoms with Gasteiger partial charge in [-0.25, -0.2) is 4.79 Å². The molecule has 0 atom stereocenters. The van der Waals surface area contributed by atoms with Gasteiger partial charge in [-0.1, -0.05) is 6.92 Å². The maximum atomic E-state index is 11.8. The van der Waals surface area contributed by atoms with Gasteiger partial charge < -0.3 is 58.0 Å². The lowest BCUT2D eigenvalue weighted by Gasteiger charge is -2.19. The van der Waals surface area contributed by atoms with E-state index in [4.69, 9.17) is 47.4 Å². The van der Waals surface area contributed by atoms with Crippen molar-refractivity contribution in [2.24, 2.45) is 0 Å². The number of nitrogens with one attached hydrogen (secondary N) is 2. The van der Waals surface area contributed by atoms with Crippen LogP contribution in [-0.4, -0.2) is 150 Å². The third kappa shape index (κ3) is 36.5. The zero-order valence-electron chi connectivity index (χ0n) is 27.0. The largest absolute Gasteiger partial charge is 0.444 e. The molecular weight excluding hydrogens is 568 g/mol. The summed E-state index contributed by atoms with van der Waals surface area (Å²) in [5.41, 5.74) is -0.553. The average Bonchev–Trinajstić information content (AvgIpc) is 2.96. The van der Waals surface area contributed by atoms with Gasteiger partial charge >= 0.3 is 6.09 Å². The number of alkyl carbamates (subject to hydrolysis) is 1. The van der Waals surface area contributed by atoms with Crippen LogP contribution in [0.25, 0.3) is 0 Å². The highest BCUT2D eigenvalue weighted by Gasteiger charge is 2.15. The van der Waals surface area contributed by atoms with Crippen LogP contribution < -0.4 is 10.6 Å². The maximum Gasteiger partial charge on any atom is 0.407 e. The van der Waals surface area contributed by atoms with Gasteiger partial charge in [0.05, 0.1) is 112 Å². The molecule has 0 radical (unpaired) electrons. The Labute approximate surface area is 258 Å². The number of carbonyl (C=O) groups is 2. The summed E-state index contributed by atoms with van der Waals surface area (Å²) in [6, 6.07) is 0. The molecule has 2 amide bonds. The molecule has 0 aromatic rings. The second-order valence-corrected chi connectivity index (χ2v) is 10.0. The molecule has 0 bridgehead atoms. The fourth-order valence-corrected chi connectivity index (χ4v) is 2.94. The van der Waals surface area contributed by atoms with Gasteiger partial charge in [-0.05, 0) is 27.2 Å². The maximum absolute atomic E-state index is 11.8. The Hall–Kier alpha value is -1.62. The van der Waals surface area contributed by atoms with Crippen LogP contribution >= 0.6 is 0 Å². The lowest BCUT2D eigenvalue weighted by molar-refractivity contribution is -0.122. The van der Waals surface area contributed by atoms with Gasteiger partial charge in [0.25, 0.3) is 0 Å². The second-order valence-electron chi connectivity index (χ2n) is 10.0. The summed E-state index contributed by atoms with van der Waals surface area (Å²) in [7, 11) is 0. The Bertz CT molecular complexity index is 623. The molecular formula is C29H58N2O12. The summed E-state index contributed by atoms with van der Waals surface area (Å²) >= 11 is 0. The van der Waals surface area contributed by atoms with Gasteiger partial charge in [-0.15, -0.1) is 0 Å². The third-order valence-corrected chi connectivity index (χ3v) is 4.91. The molecule has 14 nitrogen and oxygen atoms in total. The predicted molar refractivity (Wildman–Crippen MR) is 160 cm³/mol. The molecule has 0 saturated heterocycles. The van der Waals surface area contributed by atoms with Crippen LogP contribution in [0.5, 0.6) is 0 Å². The first kappa shape index (κ1) is 41.4. The van der Waals surface area contributed by atoms with Crippen molar-refractivity contribution in [2.45, 2.75) is 46.1 Å². The van der Waals surface area contributed by atoms with Gasteiger partial charge in [0.15, 0.2) is 0 Å². The van der Waals surface area contributed by atoms with Crippen LogP contribution in [0.2, 0.25) is 0 Å². The number of rotatable bonds is 32. The van der Waals surface area contributed by atoms with Crippen molar-refractivity contribution < 1.29 is 57.0 Å². The van der Waals surface area contributed by atoms with E-state index in [0.717, 1.165) is 13.0 Å². The zero-order valence-corrected chi connectivity index (χ0v) is 27.0. The first-order chi connectivity index (χ1) is 20.8. The standard InChI is InChI=1S/C29H58N2O12/c1-5-9-34-11-13-36-15-17-38-19-21-40-23-25-42-26-24-41-22-20-39-18-16-37-14-12-35-10-6-27(32)30-7-8-31-28(33)43-29(2,3)4/h5-26H2,1-4H3,(H,30,32)(H,31,33). The van der Waals surface area contributed by atoms with Gasteiger partial charge in [0, 0.05) is 26.1 Å². The summed E-state index contributed by atoms with van der Waals surface area (Å²) in [5.74, 6) is -0.151. The topological polar surface area (TPSA) is 150 Å². The second kappa shape index (κ2) is 31.8. The molecule has 0 aromatic heterocycles. The molecule has 0 saturated carbocycles. The Morgan fingerprint density at radius 3 is 1.09 bits per heavy atom. The average molecular weight is 627 g/mol. The summed E-state index contributed by atoms with van der Waals surface area (Å²) in [5, 5.41) is 5.28. The normalized spacial score (nSPS) is 11.5. The molecule has 0 aliphatic carbocycles. The fraction of sp³-hybridized carbons (Fsp3) is 0.931. The lowest BCUT2D eigenvalue weighted by Crippen LogP contribution is -2.38. The van der Waals surface area contributed by atoms with Gasteiger partial charge in [-0.3, -0.25) is 4.79 Å². The summed E-state index contributed by atoms with van der Waals surface area (Å²) in [6.07, 6.45) is 0.741. The van der Waals surface area contributed by atoms with Gasteiger partial charge in [-0.2, -0.15) is 0 Å². The van der Waals surface area contributed by atoms with E-state index in [9.17, 15) is 9.59 Å². The summed E-state index contributed by atoms with van der Waals surface area (Å²) in [4.78, 5) is 23.3. The van der Waals surface area contributed by atoms with Crippen molar-refractivity contribution in [1.29, 1.82) is 0 Å². The van der Waals surface area contributed by atoms with Crippen LogP contribution in [0.15, 0.2) is 0 Å². The summed E-state index contributed by atoms with van der Waals surface area (Å²) in [6.45, 7) is 17.1. The number of hydrogen-bond acceptors (Lipinski definition) is 12. The molecule has 0 aromatic carbocycles. The van der Waals surface area contributed by atoms with E-state index in [1.807, 2.05) is 0 Å². The zero-order chi connectivity index (χ0) is 31.7. The van der Waals surface area contributed by atoms with Crippen LogP contribution in [0.4, 0.5) is 4.79 Å². The smallest absolute Gasteiger partial charge is 0.407 e. The molecule has 0 unspecified atom stereocenters. The number of amides is 2. The Morgan fingerprint density at radius 2 is 0.767 bits per heavy atom. The molecule has 0 spiro atoms. The van der Waals surface area contributed by atoms with E-state index >= 15 is 0 Å². The quantitative estimate of drug-likeness (QED) is 0.104. The molecule has 2 N–H and O–H groups in total. The van der Waals surface area contributed by atoms with Crippen molar-refractivity contribution in [3.63, 3.8) is 0 Å². The molecule has 0 rings (SSSR count). The SMILES string of the molecule is CCCOCCOCCOCCOCCOCCOCCOCCOCCOCCC(=O)NCCNC(=O)OC(C)(C)C. The van der Waals surface area contributed by atoms with Crippen molar-refractivity contribution in [2.75, 3.05) is 132 Å². The van der Waals surface area contributed by atoms with E-state index in [1.54, 1.807) is 20.8 Å². The fourth-order valence-electron chi connectivity index (χ4n) is 2.94. The van der Waals surface area contributed by atoms with Crippen LogP contribution in [0, 0.1) is 0 Å². The third-order valence-electron chi connectivity index (χ3n) is 4.91. The van der Waals surface area contributed by atoms with Gasteiger partial charge in [0.2, 0.25) is 5.91 Å². The predicted octanol–water partition coefficient (Wildman–Crippen LogP) is 1.58. The molecule has 14 heteroatoms. The Morgan fingerprint density at radius 1 is 0.465 bits per heavy atom. The van der Waals surface area contributed by atoms with Crippen molar-refractivity contribution in [3.8, 4) is 0 Å². The monoisotopic (exact) mass is 626 g/mol. The molecule has 43 heavy (non-hydrogen) atoms. The van der Waals surface area contributed by atoms with Crippen molar-refractivity contribution >= 4 is 12.0 Å². The first-order valence-electron chi connectivity index (χ1n) is 15.3.